The van der Waals surface area contributed by atoms with E-state index in [1.807, 2.05) is 19.1 Å². The third-order valence-corrected chi connectivity index (χ3v) is 5.65. The zero-order valence-corrected chi connectivity index (χ0v) is 18.2. The lowest BCUT2D eigenvalue weighted by molar-refractivity contribution is -0.384. The van der Waals surface area contributed by atoms with E-state index in [9.17, 15) is 19.7 Å². The Morgan fingerprint density at radius 1 is 1.12 bits per heavy atom. The number of nitrogens with one attached hydrogen (secondary N) is 3. The van der Waals surface area contributed by atoms with Gasteiger partial charge in [-0.3, -0.25) is 24.7 Å². The van der Waals surface area contributed by atoms with Crippen LogP contribution in [0.15, 0.2) is 42.6 Å². The minimum atomic E-state index is -0.519. The fourth-order valence-electron chi connectivity index (χ4n) is 3.86. The largest absolute Gasteiger partial charge is 0.371 e. The molecular weight excluding hydrogens is 410 g/mol. The van der Waals surface area contributed by atoms with E-state index in [1.165, 1.54) is 24.6 Å². The van der Waals surface area contributed by atoms with E-state index < -0.39 is 10.8 Å². The molecule has 0 saturated heterocycles. The normalized spacial score (nSPS) is 14.9. The number of nitro benzene ring substituents is 1. The van der Waals surface area contributed by atoms with Gasteiger partial charge in [-0.2, -0.15) is 0 Å². The Hall–Kier alpha value is -3.49. The van der Waals surface area contributed by atoms with Crippen molar-refractivity contribution in [2.45, 2.75) is 45.1 Å². The molecule has 0 bridgehead atoms. The van der Waals surface area contributed by atoms with E-state index in [2.05, 4.69) is 20.9 Å². The van der Waals surface area contributed by atoms with Gasteiger partial charge in [0.05, 0.1) is 16.7 Å². The van der Waals surface area contributed by atoms with Crippen LogP contribution >= 0.6 is 0 Å². The van der Waals surface area contributed by atoms with Gasteiger partial charge in [0.25, 0.3) is 11.6 Å². The van der Waals surface area contributed by atoms with Gasteiger partial charge in [-0.25, -0.2) is 0 Å². The summed E-state index contributed by atoms with van der Waals surface area (Å²) in [5.74, 6) is -0.327. The van der Waals surface area contributed by atoms with Gasteiger partial charge in [-0.1, -0.05) is 25.3 Å². The van der Waals surface area contributed by atoms with Crippen LogP contribution in [0.4, 0.5) is 11.4 Å². The van der Waals surface area contributed by atoms with Crippen molar-refractivity contribution in [3.8, 4) is 0 Å². The average Bonchev–Trinajstić information content (AvgIpc) is 2.82. The highest BCUT2D eigenvalue weighted by Crippen LogP contribution is 2.29. The number of nitrogens with zero attached hydrogens (tertiary/aromatic N) is 2. The Kier molecular flexibility index (Phi) is 8.13. The van der Waals surface area contributed by atoms with Gasteiger partial charge in [0.15, 0.2) is 0 Å². The van der Waals surface area contributed by atoms with Crippen LogP contribution in [0.2, 0.25) is 0 Å². The maximum absolute atomic E-state index is 12.4. The number of benzene rings is 1. The highest BCUT2D eigenvalue weighted by molar-refractivity contribution is 5.95. The van der Waals surface area contributed by atoms with Gasteiger partial charge < -0.3 is 16.0 Å². The van der Waals surface area contributed by atoms with E-state index in [-0.39, 0.29) is 35.7 Å². The summed E-state index contributed by atoms with van der Waals surface area (Å²) in [5, 5.41) is 20.2. The van der Waals surface area contributed by atoms with Gasteiger partial charge >= 0.3 is 0 Å². The lowest BCUT2D eigenvalue weighted by Gasteiger charge is -2.20. The van der Waals surface area contributed by atoms with E-state index in [1.54, 1.807) is 12.3 Å². The van der Waals surface area contributed by atoms with Gasteiger partial charge in [-0.05, 0) is 44.0 Å². The first-order valence-electron chi connectivity index (χ1n) is 11.0. The molecule has 1 unspecified atom stereocenters. The van der Waals surface area contributed by atoms with Crippen LogP contribution in [0.25, 0.3) is 0 Å². The zero-order chi connectivity index (χ0) is 22.9. The Balaban J connectivity index is 1.55. The molecular formula is C23H29N5O4. The van der Waals surface area contributed by atoms with Crippen molar-refractivity contribution in [1.29, 1.82) is 0 Å². The molecule has 0 radical (unpaired) electrons. The van der Waals surface area contributed by atoms with Crippen LogP contribution in [0, 0.1) is 16.0 Å². The molecule has 1 fully saturated rings. The standard InChI is InChI=1S/C23H29N5O4/c1-16(19-9-5-6-12-24-19)27-20-11-10-18(15-21(20)28(31)32)23(30)26-14-13-25-22(29)17-7-3-2-4-8-17/h5-6,9-12,15-17,27H,2-4,7-8,13-14H2,1H3,(H,25,29)(H,26,30). The van der Waals surface area contributed by atoms with Crippen LogP contribution < -0.4 is 16.0 Å². The Labute approximate surface area is 187 Å². The van der Waals surface area contributed by atoms with Crippen LogP contribution in [-0.2, 0) is 4.79 Å². The average molecular weight is 440 g/mol. The molecule has 1 aromatic heterocycles. The molecule has 0 aliphatic heterocycles. The Morgan fingerprint density at radius 2 is 1.88 bits per heavy atom. The molecule has 2 amide bonds. The second-order valence-electron chi connectivity index (χ2n) is 7.99. The summed E-state index contributed by atoms with van der Waals surface area (Å²) < 4.78 is 0. The molecule has 1 aliphatic rings. The Bertz CT molecular complexity index is 945. The summed E-state index contributed by atoms with van der Waals surface area (Å²) in [6.07, 6.45) is 6.84. The molecule has 170 valence electrons. The van der Waals surface area contributed by atoms with Crippen molar-refractivity contribution in [2.24, 2.45) is 5.92 Å². The highest BCUT2D eigenvalue weighted by Gasteiger charge is 2.21. The van der Waals surface area contributed by atoms with Crippen LogP contribution in [0.3, 0.4) is 0 Å². The molecule has 1 aromatic carbocycles. The van der Waals surface area contributed by atoms with Crippen molar-refractivity contribution in [1.82, 2.24) is 15.6 Å². The van der Waals surface area contributed by atoms with Crippen molar-refractivity contribution in [3.63, 3.8) is 0 Å². The highest BCUT2D eigenvalue weighted by atomic mass is 16.6. The molecule has 2 aromatic rings. The SMILES string of the molecule is CC(Nc1ccc(C(=O)NCCNC(=O)C2CCCCC2)cc1[N+](=O)[O-])c1ccccn1. The molecule has 1 aliphatic carbocycles. The third-order valence-electron chi connectivity index (χ3n) is 5.65. The lowest BCUT2D eigenvalue weighted by atomic mass is 9.89. The van der Waals surface area contributed by atoms with Crippen LogP contribution in [0.5, 0.6) is 0 Å². The first-order chi connectivity index (χ1) is 15.5. The number of carbonyl (C=O) groups is 2. The van der Waals surface area contributed by atoms with Crippen molar-refractivity contribution in [3.05, 3.63) is 64.0 Å². The first kappa shape index (κ1) is 23.2. The number of nitro groups is 1. The van der Waals surface area contributed by atoms with Crippen LogP contribution in [0.1, 0.15) is 61.1 Å². The second-order valence-corrected chi connectivity index (χ2v) is 7.99. The van der Waals surface area contributed by atoms with Gasteiger partial charge in [0.2, 0.25) is 5.91 Å². The van der Waals surface area contributed by atoms with E-state index in [4.69, 9.17) is 0 Å². The maximum atomic E-state index is 12.4. The molecule has 32 heavy (non-hydrogen) atoms. The topological polar surface area (TPSA) is 126 Å². The molecule has 3 N–H and O–H groups in total. The lowest BCUT2D eigenvalue weighted by Crippen LogP contribution is -2.38. The number of rotatable bonds is 9. The molecule has 1 saturated carbocycles. The summed E-state index contributed by atoms with van der Waals surface area (Å²) in [6, 6.07) is 9.55. The van der Waals surface area contributed by atoms with Crippen LogP contribution in [-0.4, -0.2) is 34.8 Å². The van der Waals surface area contributed by atoms with Crippen molar-refractivity contribution < 1.29 is 14.5 Å². The number of anilines is 1. The number of hydrogen-bond donors (Lipinski definition) is 3. The second kappa shape index (κ2) is 11.2. The molecule has 9 nitrogen and oxygen atoms in total. The van der Waals surface area contributed by atoms with Gasteiger partial charge in [0.1, 0.15) is 5.69 Å². The quantitative estimate of drug-likeness (QED) is 0.311. The molecule has 1 heterocycles. The third kappa shape index (κ3) is 6.26. The van der Waals surface area contributed by atoms with Gasteiger partial charge in [-0.15, -0.1) is 0 Å². The minimum absolute atomic E-state index is 0.0343. The maximum Gasteiger partial charge on any atom is 0.293 e. The van der Waals surface area contributed by atoms with Gasteiger partial charge in [0, 0.05) is 36.8 Å². The minimum Gasteiger partial charge on any atom is -0.371 e. The van der Waals surface area contributed by atoms with E-state index in [0.717, 1.165) is 31.4 Å². The molecule has 3 rings (SSSR count). The number of hydrogen-bond acceptors (Lipinski definition) is 6. The zero-order valence-electron chi connectivity index (χ0n) is 18.2. The predicted octanol–water partition coefficient (Wildman–Crippen LogP) is 3.59. The summed E-state index contributed by atoms with van der Waals surface area (Å²) >= 11 is 0. The van der Waals surface area contributed by atoms with E-state index >= 15 is 0 Å². The predicted molar refractivity (Wildman–Crippen MR) is 121 cm³/mol. The summed E-state index contributed by atoms with van der Waals surface area (Å²) in [5.41, 5.74) is 1.06. The fourth-order valence-corrected chi connectivity index (χ4v) is 3.86. The molecule has 1 atom stereocenters. The van der Waals surface area contributed by atoms with Crippen molar-refractivity contribution in [2.75, 3.05) is 18.4 Å². The first-order valence-corrected chi connectivity index (χ1v) is 11.0. The monoisotopic (exact) mass is 439 g/mol. The smallest absolute Gasteiger partial charge is 0.293 e. The fraction of sp³-hybridized carbons (Fsp3) is 0.435. The summed E-state index contributed by atoms with van der Waals surface area (Å²) in [4.78, 5) is 39.9. The van der Waals surface area contributed by atoms with E-state index in [0.29, 0.717) is 12.2 Å². The van der Waals surface area contributed by atoms with Crippen molar-refractivity contribution >= 4 is 23.2 Å². The number of carbonyl (C=O) groups excluding carboxylic acids is 2. The number of pyridine rings is 1. The Morgan fingerprint density at radius 3 is 2.56 bits per heavy atom. The summed E-state index contributed by atoms with van der Waals surface area (Å²) in [6.45, 7) is 2.43. The molecule has 0 spiro atoms. The molecule has 9 heteroatoms. The number of aromatic nitrogens is 1. The summed E-state index contributed by atoms with van der Waals surface area (Å²) in [7, 11) is 0. The number of amides is 2.